The summed E-state index contributed by atoms with van der Waals surface area (Å²) in [6, 6.07) is 3.77. The molecule has 0 spiro atoms. The van der Waals surface area contributed by atoms with Crippen LogP contribution in [0.25, 0.3) is 0 Å². The number of nitrogens with zero attached hydrogens (tertiary/aromatic N) is 2. The summed E-state index contributed by atoms with van der Waals surface area (Å²) in [6.07, 6.45) is 3.50. The molecule has 1 atom stereocenters. The molecule has 2 aromatic rings. The highest BCUT2D eigenvalue weighted by Crippen LogP contribution is 2.24. The van der Waals surface area contributed by atoms with Crippen molar-refractivity contribution in [1.29, 1.82) is 0 Å². The molecule has 1 fully saturated rings. The van der Waals surface area contributed by atoms with E-state index in [1.807, 2.05) is 25.3 Å². The van der Waals surface area contributed by atoms with Crippen LogP contribution in [0.3, 0.4) is 0 Å². The summed E-state index contributed by atoms with van der Waals surface area (Å²) in [5.41, 5.74) is 0. The van der Waals surface area contributed by atoms with E-state index < -0.39 is 0 Å². The molecular weight excluding hydrogens is 326 g/mol. The van der Waals surface area contributed by atoms with Crippen LogP contribution >= 0.6 is 11.3 Å². The van der Waals surface area contributed by atoms with Crippen LogP contribution in [-0.2, 0) is 17.6 Å². The van der Waals surface area contributed by atoms with Crippen LogP contribution in [-0.4, -0.2) is 42.2 Å². The number of aromatic nitrogens is 1. The van der Waals surface area contributed by atoms with Gasteiger partial charge in [-0.3, -0.25) is 0 Å². The van der Waals surface area contributed by atoms with E-state index in [4.69, 9.17) is 9.15 Å². The molecule has 7 heteroatoms. The van der Waals surface area contributed by atoms with Crippen molar-refractivity contribution >= 4 is 17.4 Å². The quantitative estimate of drug-likeness (QED) is 0.901. The Hall–Kier alpha value is -1.86. The molecule has 0 aromatic carbocycles. The number of amides is 2. The summed E-state index contributed by atoms with van der Waals surface area (Å²) in [4.78, 5) is 19.8. The van der Waals surface area contributed by atoms with E-state index >= 15 is 0 Å². The Morgan fingerprint density at radius 2 is 2.38 bits per heavy atom. The van der Waals surface area contributed by atoms with Crippen molar-refractivity contribution < 1.29 is 13.9 Å². The standard InChI is InChI=1S/C17H23N3O3S/c1-3-13-10-19-16(24-13)6-7-18-17(21)20-8-9-22-15(11-20)14-5-4-12(2)23-14/h4-5,10,15H,3,6-9,11H2,1-2H3,(H,18,21). The predicted octanol–water partition coefficient (Wildman–Crippen LogP) is 2.93. The average molecular weight is 349 g/mol. The highest BCUT2D eigenvalue weighted by molar-refractivity contribution is 7.11. The minimum absolute atomic E-state index is 0.0566. The number of urea groups is 1. The second kappa shape index (κ2) is 7.81. The van der Waals surface area contributed by atoms with Crippen LogP contribution in [0.15, 0.2) is 22.7 Å². The Labute approximate surface area is 145 Å². The SMILES string of the molecule is CCc1cnc(CCNC(=O)N2CCOC(c3ccc(C)o3)C2)s1. The van der Waals surface area contributed by atoms with Crippen molar-refractivity contribution in [2.75, 3.05) is 26.2 Å². The van der Waals surface area contributed by atoms with Gasteiger partial charge in [0.1, 0.15) is 17.6 Å². The molecule has 1 aliphatic heterocycles. The molecular formula is C17H23N3O3S. The van der Waals surface area contributed by atoms with E-state index in [2.05, 4.69) is 17.2 Å². The maximum absolute atomic E-state index is 12.3. The zero-order chi connectivity index (χ0) is 16.9. The maximum atomic E-state index is 12.3. The summed E-state index contributed by atoms with van der Waals surface area (Å²) in [7, 11) is 0. The minimum Gasteiger partial charge on any atom is -0.464 e. The lowest BCUT2D eigenvalue weighted by Crippen LogP contribution is -2.47. The first-order chi connectivity index (χ1) is 11.7. The molecule has 0 saturated carbocycles. The van der Waals surface area contributed by atoms with Crippen LogP contribution in [0.4, 0.5) is 4.79 Å². The van der Waals surface area contributed by atoms with E-state index in [0.29, 0.717) is 26.2 Å². The summed E-state index contributed by atoms with van der Waals surface area (Å²) in [6.45, 7) is 6.24. The van der Waals surface area contributed by atoms with Gasteiger partial charge >= 0.3 is 6.03 Å². The predicted molar refractivity (Wildman–Crippen MR) is 92.3 cm³/mol. The van der Waals surface area contributed by atoms with E-state index in [1.165, 1.54) is 4.88 Å². The first kappa shape index (κ1) is 17.0. The van der Waals surface area contributed by atoms with Crippen molar-refractivity contribution in [2.45, 2.75) is 32.8 Å². The second-order valence-electron chi connectivity index (χ2n) is 5.81. The molecule has 0 aliphatic carbocycles. The zero-order valence-corrected chi connectivity index (χ0v) is 14.9. The molecule has 1 aliphatic rings. The van der Waals surface area contributed by atoms with Gasteiger partial charge in [-0.2, -0.15) is 0 Å². The van der Waals surface area contributed by atoms with E-state index in [9.17, 15) is 4.79 Å². The largest absolute Gasteiger partial charge is 0.464 e. The highest BCUT2D eigenvalue weighted by atomic mass is 32.1. The zero-order valence-electron chi connectivity index (χ0n) is 14.1. The van der Waals surface area contributed by atoms with E-state index in [1.54, 1.807) is 16.2 Å². The first-order valence-electron chi connectivity index (χ1n) is 8.30. The molecule has 1 saturated heterocycles. The number of furan rings is 1. The number of ether oxygens (including phenoxy) is 1. The number of hydrogen-bond donors (Lipinski definition) is 1. The molecule has 130 valence electrons. The van der Waals surface area contributed by atoms with Gasteiger partial charge in [0, 0.05) is 30.6 Å². The lowest BCUT2D eigenvalue weighted by Gasteiger charge is -2.32. The monoisotopic (exact) mass is 349 g/mol. The normalized spacial score (nSPS) is 17.9. The Kier molecular flexibility index (Phi) is 5.52. The van der Waals surface area contributed by atoms with E-state index in [0.717, 1.165) is 29.4 Å². The van der Waals surface area contributed by atoms with Crippen LogP contribution in [0, 0.1) is 6.92 Å². The fraction of sp³-hybridized carbons (Fsp3) is 0.529. The molecule has 0 bridgehead atoms. The molecule has 0 radical (unpaired) electrons. The third-order valence-corrected chi connectivity index (χ3v) is 5.20. The average Bonchev–Trinajstić information content (AvgIpc) is 3.24. The molecule has 3 heterocycles. The maximum Gasteiger partial charge on any atom is 0.317 e. The molecule has 2 amide bonds. The number of nitrogens with one attached hydrogen (secondary N) is 1. The van der Waals surface area contributed by atoms with Crippen LogP contribution < -0.4 is 5.32 Å². The highest BCUT2D eigenvalue weighted by Gasteiger charge is 2.27. The fourth-order valence-corrected chi connectivity index (χ4v) is 3.51. The van der Waals surface area contributed by atoms with Crippen molar-refractivity contribution in [3.8, 4) is 0 Å². The second-order valence-corrected chi connectivity index (χ2v) is 7.01. The molecule has 1 unspecified atom stereocenters. The fourth-order valence-electron chi connectivity index (χ4n) is 2.65. The number of morpholine rings is 1. The van der Waals surface area contributed by atoms with Crippen LogP contribution in [0.2, 0.25) is 0 Å². The first-order valence-corrected chi connectivity index (χ1v) is 9.11. The van der Waals surface area contributed by atoms with Crippen LogP contribution in [0.1, 0.15) is 34.4 Å². The number of rotatable bonds is 5. The van der Waals surface area contributed by atoms with Gasteiger partial charge in [0.15, 0.2) is 0 Å². The Morgan fingerprint density at radius 1 is 1.50 bits per heavy atom. The topological polar surface area (TPSA) is 67.6 Å². The van der Waals surface area contributed by atoms with Gasteiger partial charge in [0.2, 0.25) is 0 Å². The smallest absolute Gasteiger partial charge is 0.317 e. The van der Waals surface area contributed by atoms with Gasteiger partial charge in [-0.05, 0) is 25.5 Å². The summed E-state index contributed by atoms with van der Waals surface area (Å²) >= 11 is 1.71. The molecule has 24 heavy (non-hydrogen) atoms. The number of aryl methyl sites for hydroxylation is 2. The van der Waals surface area contributed by atoms with Crippen molar-refractivity contribution in [2.24, 2.45) is 0 Å². The van der Waals surface area contributed by atoms with E-state index in [-0.39, 0.29) is 12.1 Å². The van der Waals surface area contributed by atoms with Gasteiger partial charge in [0.05, 0.1) is 18.2 Å². The number of hydrogen-bond acceptors (Lipinski definition) is 5. The van der Waals surface area contributed by atoms with Crippen molar-refractivity contribution in [1.82, 2.24) is 15.2 Å². The molecule has 2 aromatic heterocycles. The number of carbonyl (C=O) groups is 1. The number of carbonyl (C=O) groups excluding carboxylic acids is 1. The van der Waals surface area contributed by atoms with Gasteiger partial charge < -0.3 is 19.4 Å². The van der Waals surface area contributed by atoms with Gasteiger partial charge in [0.25, 0.3) is 0 Å². The van der Waals surface area contributed by atoms with Gasteiger partial charge in [-0.15, -0.1) is 11.3 Å². The lowest BCUT2D eigenvalue weighted by molar-refractivity contribution is -0.0263. The van der Waals surface area contributed by atoms with Crippen molar-refractivity contribution in [3.63, 3.8) is 0 Å². The molecule has 1 N–H and O–H groups in total. The van der Waals surface area contributed by atoms with Gasteiger partial charge in [-0.25, -0.2) is 9.78 Å². The van der Waals surface area contributed by atoms with Crippen molar-refractivity contribution in [3.05, 3.63) is 39.7 Å². The van der Waals surface area contributed by atoms with Gasteiger partial charge in [-0.1, -0.05) is 6.92 Å². The molecule has 6 nitrogen and oxygen atoms in total. The Morgan fingerprint density at radius 3 is 3.08 bits per heavy atom. The molecule has 3 rings (SSSR count). The third-order valence-electron chi connectivity index (χ3n) is 4.00. The summed E-state index contributed by atoms with van der Waals surface area (Å²) < 4.78 is 11.3. The van der Waals surface area contributed by atoms with Crippen LogP contribution in [0.5, 0.6) is 0 Å². The summed E-state index contributed by atoms with van der Waals surface area (Å²) in [5, 5.41) is 4.04. The summed E-state index contributed by atoms with van der Waals surface area (Å²) in [5.74, 6) is 1.63. The Balaban J connectivity index is 1.47. The minimum atomic E-state index is -0.190. The third kappa shape index (κ3) is 4.15. The Bertz CT molecular complexity index is 682. The lowest BCUT2D eigenvalue weighted by atomic mass is 10.2. The number of thiazole rings is 1.